The smallest absolute Gasteiger partial charge is 0.337 e. The van der Waals surface area contributed by atoms with Crippen molar-refractivity contribution in [2.24, 2.45) is 0 Å². The lowest BCUT2D eigenvalue weighted by Gasteiger charge is -2.07. The zero-order chi connectivity index (χ0) is 15.2. The van der Waals surface area contributed by atoms with E-state index in [1.165, 1.54) is 7.11 Å². The van der Waals surface area contributed by atoms with Gasteiger partial charge in [-0.05, 0) is 35.9 Å². The van der Waals surface area contributed by atoms with Crippen molar-refractivity contribution in [3.63, 3.8) is 0 Å². The number of carbonyl (C=O) groups is 2. The molecule has 2 rings (SSSR count). The van der Waals surface area contributed by atoms with Gasteiger partial charge in [0.25, 0.3) is 5.91 Å². The highest BCUT2D eigenvalue weighted by Gasteiger charge is 2.09. The molecule has 0 aliphatic heterocycles. The molecule has 4 nitrogen and oxygen atoms in total. The summed E-state index contributed by atoms with van der Waals surface area (Å²) < 4.78 is 4.64. The van der Waals surface area contributed by atoms with E-state index in [1.54, 1.807) is 42.5 Å². The zero-order valence-electron chi connectivity index (χ0n) is 11.4. The predicted octanol–water partition coefficient (Wildman–Crippen LogP) is 3.46. The van der Waals surface area contributed by atoms with E-state index in [0.717, 1.165) is 5.56 Å². The van der Waals surface area contributed by atoms with Gasteiger partial charge in [-0.15, -0.1) is 11.6 Å². The molecule has 1 N–H and O–H groups in total. The monoisotopic (exact) mass is 303 g/mol. The van der Waals surface area contributed by atoms with Crippen molar-refractivity contribution < 1.29 is 14.3 Å². The van der Waals surface area contributed by atoms with Crippen LogP contribution in [0.1, 0.15) is 26.3 Å². The molecular weight excluding hydrogens is 290 g/mol. The molecule has 0 aliphatic carbocycles. The number of hydrogen-bond acceptors (Lipinski definition) is 3. The Kier molecular flexibility index (Phi) is 4.95. The van der Waals surface area contributed by atoms with Crippen molar-refractivity contribution in [2.45, 2.75) is 5.88 Å². The molecule has 0 radical (unpaired) electrons. The van der Waals surface area contributed by atoms with Gasteiger partial charge in [0, 0.05) is 17.1 Å². The summed E-state index contributed by atoms with van der Waals surface area (Å²) in [6.07, 6.45) is 0. The molecule has 108 valence electrons. The highest BCUT2D eigenvalue weighted by molar-refractivity contribution is 6.17. The number of carbonyl (C=O) groups excluding carboxylic acids is 2. The van der Waals surface area contributed by atoms with Crippen LogP contribution in [0.3, 0.4) is 0 Å². The first-order valence-electron chi connectivity index (χ1n) is 6.28. The van der Waals surface area contributed by atoms with Crippen LogP contribution in [0, 0.1) is 0 Å². The summed E-state index contributed by atoms with van der Waals surface area (Å²) in [6, 6.07) is 13.6. The standard InChI is InChI=1S/C16H14ClNO3/c1-21-16(20)13-6-3-7-14(9-13)18-15(19)12-5-2-4-11(8-12)10-17/h2-9H,10H2,1H3,(H,18,19). The van der Waals surface area contributed by atoms with Gasteiger partial charge < -0.3 is 10.1 Å². The molecule has 0 bridgehead atoms. The summed E-state index contributed by atoms with van der Waals surface area (Å²) in [7, 11) is 1.31. The number of ether oxygens (including phenoxy) is 1. The highest BCUT2D eigenvalue weighted by Crippen LogP contribution is 2.14. The number of rotatable bonds is 4. The number of methoxy groups -OCH3 is 1. The molecule has 0 aliphatic rings. The van der Waals surface area contributed by atoms with Crippen LogP contribution >= 0.6 is 11.6 Å². The SMILES string of the molecule is COC(=O)c1cccc(NC(=O)c2cccc(CCl)c2)c1. The molecular formula is C16H14ClNO3. The molecule has 5 heteroatoms. The fourth-order valence-corrected chi connectivity index (χ4v) is 2.01. The molecule has 0 heterocycles. The maximum atomic E-state index is 12.2. The average Bonchev–Trinajstić information content (AvgIpc) is 2.54. The average molecular weight is 304 g/mol. The van der Waals surface area contributed by atoms with E-state index in [1.807, 2.05) is 6.07 Å². The number of anilines is 1. The van der Waals surface area contributed by atoms with Gasteiger partial charge in [-0.2, -0.15) is 0 Å². The van der Waals surface area contributed by atoms with E-state index >= 15 is 0 Å². The summed E-state index contributed by atoms with van der Waals surface area (Å²) in [5.74, 6) is -0.363. The summed E-state index contributed by atoms with van der Waals surface area (Å²) in [5, 5.41) is 2.74. The van der Waals surface area contributed by atoms with E-state index in [2.05, 4.69) is 10.1 Å². The molecule has 0 aromatic heterocycles. The van der Waals surface area contributed by atoms with Gasteiger partial charge in [0.1, 0.15) is 0 Å². The van der Waals surface area contributed by atoms with Crippen LogP contribution in [0.4, 0.5) is 5.69 Å². The van der Waals surface area contributed by atoms with Crippen molar-refractivity contribution in [3.05, 3.63) is 65.2 Å². The normalized spacial score (nSPS) is 10.0. The van der Waals surface area contributed by atoms with Crippen molar-refractivity contribution in [1.82, 2.24) is 0 Å². The minimum atomic E-state index is -0.449. The van der Waals surface area contributed by atoms with E-state index < -0.39 is 5.97 Å². The Labute approximate surface area is 127 Å². The van der Waals surface area contributed by atoms with Crippen LogP contribution in [-0.2, 0) is 10.6 Å². The lowest BCUT2D eigenvalue weighted by molar-refractivity contribution is 0.0600. The van der Waals surface area contributed by atoms with Crippen LogP contribution in [0.2, 0.25) is 0 Å². The number of benzene rings is 2. The summed E-state index contributed by atoms with van der Waals surface area (Å²) in [6.45, 7) is 0. The van der Waals surface area contributed by atoms with Crippen LogP contribution < -0.4 is 5.32 Å². The topological polar surface area (TPSA) is 55.4 Å². The molecule has 0 unspecified atom stereocenters. The quantitative estimate of drug-likeness (QED) is 0.695. The van der Waals surface area contributed by atoms with Gasteiger partial charge >= 0.3 is 5.97 Å². The van der Waals surface area contributed by atoms with Crippen molar-refractivity contribution >= 4 is 29.2 Å². The molecule has 0 atom stereocenters. The first-order valence-corrected chi connectivity index (χ1v) is 6.82. The Hall–Kier alpha value is -2.33. The summed E-state index contributed by atoms with van der Waals surface area (Å²) in [5.41, 5.74) is 2.29. The summed E-state index contributed by atoms with van der Waals surface area (Å²) in [4.78, 5) is 23.6. The van der Waals surface area contributed by atoms with Gasteiger partial charge in [0.15, 0.2) is 0 Å². The van der Waals surface area contributed by atoms with E-state index in [0.29, 0.717) is 22.7 Å². The fraction of sp³-hybridized carbons (Fsp3) is 0.125. The maximum Gasteiger partial charge on any atom is 0.337 e. The number of hydrogen-bond donors (Lipinski definition) is 1. The van der Waals surface area contributed by atoms with Gasteiger partial charge in [0.05, 0.1) is 12.7 Å². The lowest BCUT2D eigenvalue weighted by Crippen LogP contribution is -2.12. The molecule has 2 aromatic rings. The van der Waals surface area contributed by atoms with Crippen LogP contribution in [0.25, 0.3) is 0 Å². The number of alkyl halides is 1. The molecule has 0 saturated carbocycles. The first-order chi connectivity index (χ1) is 10.1. The number of esters is 1. The van der Waals surface area contributed by atoms with Gasteiger partial charge in [-0.25, -0.2) is 4.79 Å². The zero-order valence-corrected chi connectivity index (χ0v) is 12.2. The number of amides is 1. The first kappa shape index (κ1) is 15.1. The molecule has 2 aromatic carbocycles. The van der Waals surface area contributed by atoms with Crippen molar-refractivity contribution in [3.8, 4) is 0 Å². The van der Waals surface area contributed by atoms with Crippen LogP contribution in [0.15, 0.2) is 48.5 Å². The highest BCUT2D eigenvalue weighted by atomic mass is 35.5. The largest absolute Gasteiger partial charge is 0.465 e. The molecule has 1 amide bonds. The number of halogens is 1. The van der Waals surface area contributed by atoms with E-state index in [-0.39, 0.29) is 5.91 Å². The molecule has 21 heavy (non-hydrogen) atoms. The van der Waals surface area contributed by atoms with Crippen LogP contribution in [0.5, 0.6) is 0 Å². The lowest BCUT2D eigenvalue weighted by atomic mass is 10.1. The third-order valence-corrected chi connectivity index (χ3v) is 3.19. The maximum absolute atomic E-state index is 12.2. The van der Waals surface area contributed by atoms with Crippen LogP contribution in [-0.4, -0.2) is 19.0 Å². The van der Waals surface area contributed by atoms with Gasteiger partial charge in [-0.1, -0.05) is 18.2 Å². The molecule has 0 spiro atoms. The second-order valence-corrected chi connectivity index (χ2v) is 4.63. The van der Waals surface area contributed by atoms with Gasteiger partial charge in [-0.3, -0.25) is 4.79 Å². The minimum Gasteiger partial charge on any atom is -0.465 e. The second kappa shape index (κ2) is 6.90. The Bertz CT molecular complexity index is 670. The number of nitrogens with one attached hydrogen (secondary N) is 1. The predicted molar refractivity (Wildman–Crippen MR) is 81.7 cm³/mol. The third kappa shape index (κ3) is 3.83. The molecule has 0 fully saturated rings. The Morgan fingerprint density at radius 2 is 1.81 bits per heavy atom. The molecule has 0 saturated heterocycles. The second-order valence-electron chi connectivity index (χ2n) is 4.36. The van der Waals surface area contributed by atoms with E-state index in [4.69, 9.17) is 11.6 Å². The fourth-order valence-electron chi connectivity index (χ4n) is 1.84. The Morgan fingerprint density at radius 1 is 1.10 bits per heavy atom. The van der Waals surface area contributed by atoms with Gasteiger partial charge in [0.2, 0.25) is 0 Å². The summed E-state index contributed by atoms with van der Waals surface area (Å²) >= 11 is 5.75. The minimum absolute atomic E-state index is 0.260. The Balaban J connectivity index is 2.17. The van der Waals surface area contributed by atoms with Crippen molar-refractivity contribution in [1.29, 1.82) is 0 Å². The third-order valence-electron chi connectivity index (χ3n) is 2.89. The Morgan fingerprint density at radius 3 is 2.52 bits per heavy atom. The van der Waals surface area contributed by atoms with Crippen molar-refractivity contribution in [2.75, 3.05) is 12.4 Å². The van der Waals surface area contributed by atoms with E-state index in [9.17, 15) is 9.59 Å².